The van der Waals surface area contributed by atoms with Crippen LogP contribution in [0.3, 0.4) is 0 Å². The first-order valence-corrected chi connectivity index (χ1v) is 7.97. The van der Waals surface area contributed by atoms with Gasteiger partial charge in [0, 0.05) is 16.4 Å². The molecule has 2 rings (SSSR count). The van der Waals surface area contributed by atoms with Gasteiger partial charge >= 0.3 is 0 Å². The standard InChI is InChI=1S/C15H25NOS/c1-4-16-14(13-9-8-12(3)18-13)15(17-5-2)10-6-7-11-15/h8-9,14,16H,4-7,10-11H2,1-3H3. The van der Waals surface area contributed by atoms with Crippen molar-refractivity contribution >= 4 is 11.3 Å². The van der Waals surface area contributed by atoms with E-state index in [1.54, 1.807) is 0 Å². The van der Waals surface area contributed by atoms with Crippen molar-refractivity contribution in [3.05, 3.63) is 21.9 Å². The van der Waals surface area contributed by atoms with Gasteiger partial charge in [0.05, 0.1) is 11.6 Å². The second kappa shape index (κ2) is 6.18. The molecular weight excluding hydrogens is 242 g/mol. The van der Waals surface area contributed by atoms with Crippen molar-refractivity contribution in [2.24, 2.45) is 0 Å². The normalized spacial score (nSPS) is 20.2. The number of hydrogen-bond donors (Lipinski definition) is 1. The molecule has 1 heterocycles. The minimum atomic E-state index is 0.0298. The first kappa shape index (κ1) is 14.0. The summed E-state index contributed by atoms with van der Waals surface area (Å²) in [6.07, 6.45) is 4.98. The third kappa shape index (κ3) is 2.79. The average molecular weight is 267 g/mol. The van der Waals surface area contributed by atoms with Crippen LogP contribution in [0, 0.1) is 6.92 Å². The summed E-state index contributed by atoms with van der Waals surface area (Å²) in [5.41, 5.74) is 0.0298. The van der Waals surface area contributed by atoms with E-state index in [4.69, 9.17) is 4.74 Å². The van der Waals surface area contributed by atoms with Crippen LogP contribution in [0.15, 0.2) is 12.1 Å². The molecule has 18 heavy (non-hydrogen) atoms. The predicted octanol–water partition coefficient (Wildman–Crippen LogP) is 4.06. The molecule has 0 radical (unpaired) electrons. The highest BCUT2D eigenvalue weighted by Gasteiger charge is 2.43. The zero-order chi connectivity index (χ0) is 13.0. The van der Waals surface area contributed by atoms with E-state index in [2.05, 4.69) is 38.2 Å². The Bertz CT molecular complexity index is 368. The SMILES string of the molecule is CCNC(c1ccc(C)s1)C1(OCC)CCCC1. The van der Waals surface area contributed by atoms with Gasteiger partial charge < -0.3 is 10.1 Å². The highest BCUT2D eigenvalue weighted by Crippen LogP contribution is 2.44. The van der Waals surface area contributed by atoms with Crippen molar-refractivity contribution in [1.82, 2.24) is 5.32 Å². The summed E-state index contributed by atoms with van der Waals surface area (Å²) in [5, 5.41) is 3.67. The number of rotatable bonds is 6. The molecule has 1 aromatic heterocycles. The highest BCUT2D eigenvalue weighted by atomic mass is 32.1. The summed E-state index contributed by atoms with van der Waals surface area (Å²) in [5.74, 6) is 0. The van der Waals surface area contributed by atoms with Crippen LogP contribution in [0.5, 0.6) is 0 Å². The van der Waals surface area contributed by atoms with E-state index in [1.165, 1.54) is 35.4 Å². The van der Waals surface area contributed by atoms with Crippen molar-refractivity contribution in [2.75, 3.05) is 13.2 Å². The number of thiophene rings is 1. The molecule has 1 fully saturated rings. The van der Waals surface area contributed by atoms with E-state index in [0.29, 0.717) is 6.04 Å². The Morgan fingerprint density at radius 2 is 2.06 bits per heavy atom. The number of hydrogen-bond acceptors (Lipinski definition) is 3. The Hall–Kier alpha value is -0.380. The maximum absolute atomic E-state index is 6.21. The van der Waals surface area contributed by atoms with Crippen LogP contribution in [-0.4, -0.2) is 18.8 Å². The summed E-state index contributed by atoms with van der Waals surface area (Å²) in [6.45, 7) is 8.28. The molecule has 1 N–H and O–H groups in total. The Morgan fingerprint density at radius 3 is 2.56 bits per heavy atom. The number of ether oxygens (including phenoxy) is 1. The predicted molar refractivity (Wildman–Crippen MR) is 78.3 cm³/mol. The Morgan fingerprint density at radius 1 is 1.33 bits per heavy atom. The van der Waals surface area contributed by atoms with Gasteiger partial charge in [-0.15, -0.1) is 11.3 Å². The van der Waals surface area contributed by atoms with Crippen LogP contribution in [0.4, 0.5) is 0 Å². The van der Waals surface area contributed by atoms with E-state index in [0.717, 1.165) is 13.2 Å². The third-order valence-electron chi connectivity index (χ3n) is 3.86. The van der Waals surface area contributed by atoms with Gasteiger partial charge in [-0.2, -0.15) is 0 Å². The molecule has 3 heteroatoms. The molecule has 1 saturated carbocycles. The fourth-order valence-electron chi connectivity index (χ4n) is 3.14. The Kier molecular flexibility index (Phi) is 4.82. The van der Waals surface area contributed by atoms with Crippen molar-refractivity contribution in [3.63, 3.8) is 0 Å². The quantitative estimate of drug-likeness (QED) is 0.839. The van der Waals surface area contributed by atoms with Gasteiger partial charge in [0.25, 0.3) is 0 Å². The average Bonchev–Trinajstić information content (AvgIpc) is 2.97. The van der Waals surface area contributed by atoms with Crippen LogP contribution < -0.4 is 5.32 Å². The number of aryl methyl sites for hydroxylation is 1. The zero-order valence-corrected chi connectivity index (χ0v) is 12.6. The molecule has 0 amide bonds. The first-order valence-electron chi connectivity index (χ1n) is 7.15. The van der Waals surface area contributed by atoms with E-state index in [9.17, 15) is 0 Å². The van der Waals surface area contributed by atoms with Gasteiger partial charge in [-0.05, 0) is 45.4 Å². The summed E-state index contributed by atoms with van der Waals surface area (Å²) in [7, 11) is 0. The second-order valence-electron chi connectivity index (χ2n) is 5.14. The minimum Gasteiger partial charge on any atom is -0.373 e. The maximum Gasteiger partial charge on any atom is 0.0884 e. The lowest BCUT2D eigenvalue weighted by Crippen LogP contribution is -2.44. The van der Waals surface area contributed by atoms with E-state index >= 15 is 0 Å². The van der Waals surface area contributed by atoms with Gasteiger partial charge in [0.1, 0.15) is 0 Å². The summed E-state index contributed by atoms with van der Waals surface area (Å²) >= 11 is 1.90. The van der Waals surface area contributed by atoms with Crippen LogP contribution in [0.1, 0.15) is 55.3 Å². The van der Waals surface area contributed by atoms with Gasteiger partial charge in [-0.3, -0.25) is 0 Å². The fourth-order valence-corrected chi connectivity index (χ4v) is 4.20. The Balaban J connectivity index is 2.26. The summed E-state index contributed by atoms with van der Waals surface area (Å²) < 4.78 is 6.21. The van der Waals surface area contributed by atoms with Crippen molar-refractivity contribution in [3.8, 4) is 0 Å². The molecule has 1 aliphatic carbocycles. The molecule has 1 aromatic rings. The topological polar surface area (TPSA) is 21.3 Å². The minimum absolute atomic E-state index is 0.0298. The van der Waals surface area contributed by atoms with Crippen molar-refractivity contribution in [1.29, 1.82) is 0 Å². The lowest BCUT2D eigenvalue weighted by atomic mass is 9.90. The molecule has 1 unspecified atom stereocenters. The Labute approximate surface area is 115 Å². The van der Waals surface area contributed by atoms with Crippen molar-refractivity contribution in [2.45, 2.75) is 58.1 Å². The summed E-state index contributed by atoms with van der Waals surface area (Å²) in [4.78, 5) is 2.82. The lowest BCUT2D eigenvalue weighted by molar-refractivity contribution is -0.0615. The summed E-state index contributed by atoms with van der Waals surface area (Å²) in [6, 6.07) is 4.86. The molecule has 0 spiro atoms. The van der Waals surface area contributed by atoms with Gasteiger partial charge in [0.2, 0.25) is 0 Å². The third-order valence-corrected chi connectivity index (χ3v) is 4.93. The van der Waals surface area contributed by atoms with E-state index in [1.807, 2.05) is 11.3 Å². The molecule has 0 bridgehead atoms. The largest absolute Gasteiger partial charge is 0.373 e. The molecule has 0 saturated heterocycles. The van der Waals surface area contributed by atoms with Crippen LogP contribution in [-0.2, 0) is 4.74 Å². The molecular formula is C15H25NOS. The highest BCUT2D eigenvalue weighted by molar-refractivity contribution is 7.12. The zero-order valence-electron chi connectivity index (χ0n) is 11.8. The molecule has 1 atom stereocenters. The molecule has 102 valence electrons. The van der Waals surface area contributed by atoms with Crippen LogP contribution >= 0.6 is 11.3 Å². The fraction of sp³-hybridized carbons (Fsp3) is 0.733. The molecule has 2 nitrogen and oxygen atoms in total. The van der Waals surface area contributed by atoms with Crippen LogP contribution in [0.2, 0.25) is 0 Å². The first-order chi connectivity index (χ1) is 8.72. The van der Waals surface area contributed by atoms with Crippen LogP contribution in [0.25, 0.3) is 0 Å². The molecule has 1 aliphatic rings. The maximum atomic E-state index is 6.21. The van der Waals surface area contributed by atoms with Gasteiger partial charge in [-0.1, -0.05) is 19.8 Å². The molecule has 0 aliphatic heterocycles. The monoisotopic (exact) mass is 267 g/mol. The molecule has 0 aromatic carbocycles. The van der Waals surface area contributed by atoms with E-state index in [-0.39, 0.29) is 5.60 Å². The van der Waals surface area contributed by atoms with Crippen molar-refractivity contribution < 1.29 is 4.74 Å². The smallest absolute Gasteiger partial charge is 0.0884 e. The second-order valence-corrected chi connectivity index (χ2v) is 6.46. The van der Waals surface area contributed by atoms with Gasteiger partial charge in [0.15, 0.2) is 0 Å². The lowest BCUT2D eigenvalue weighted by Gasteiger charge is -2.37. The van der Waals surface area contributed by atoms with Gasteiger partial charge in [-0.25, -0.2) is 0 Å². The number of nitrogens with one attached hydrogen (secondary N) is 1. The number of likely N-dealkylation sites (N-methyl/N-ethyl adjacent to an activating group) is 1. The van der Waals surface area contributed by atoms with E-state index < -0.39 is 0 Å².